The van der Waals surface area contributed by atoms with Gasteiger partial charge in [-0.3, -0.25) is 19.3 Å². The Labute approximate surface area is 173 Å². The summed E-state index contributed by atoms with van der Waals surface area (Å²) in [5.41, 5.74) is -0.726. The molecular weight excluding hydrogens is 391 g/mol. The predicted octanol–water partition coefficient (Wildman–Crippen LogP) is 1.55. The molecule has 3 fully saturated rings. The third-order valence-electron chi connectivity index (χ3n) is 6.31. The van der Waals surface area contributed by atoms with Gasteiger partial charge in [-0.2, -0.15) is 0 Å². The lowest BCUT2D eigenvalue weighted by molar-refractivity contribution is -0.136. The molecule has 8 nitrogen and oxygen atoms in total. The van der Waals surface area contributed by atoms with E-state index in [1.807, 2.05) is 0 Å². The van der Waals surface area contributed by atoms with Gasteiger partial charge < -0.3 is 15.5 Å². The molecule has 1 aromatic rings. The Bertz CT molecular complexity index is 897. The Kier molecular flexibility index (Phi) is 5.21. The summed E-state index contributed by atoms with van der Waals surface area (Å²) in [7, 11) is 0. The first-order valence-corrected chi connectivity index (χ1v) is 10.3. The molecule has 2 aliphatic heterocycles. The van der Waals surface area contributed by atoms with Crippen molar-refractivity contribution in [1.82, 2.24) is 15.5 Å². The van der Waals surface area contributed by atoms with Gasteiger partial charge in [-0.1, -0.05) is 19.1 Å². The molecule has 30 heavy (non-hydrogen) atoms. The van der Waals surface area contributed by atoms with E-state index < -0.39 is 35.9 Å². The number of urea groups is 1. The van der Waals surface area contributed by atoms with E-state index in [2.05, 4.69) is 17.6 Å². The number of carbonyl (C=O) groups excluding carboxylic acids is 4. The van der Waals surface area contributed by atoms with Crippen LogP contribution in [0.4, 0.5) is 14.9 Å². The molecule has 9 heteroatoms. The minimum atomic E-state index is -0.894. The highest BCUT2D eigenvalue weighted by molar-refractivity contribution is 6.09. The molecule has 2 saturated heterocycles. The minimum absolute atomic E-state index is 0.0298. The third-order valence-corrected chi connectivity index (χ3v) is 6.31. The molecule has 2 N–H and O–H groups in total. The van der Waals surface area contributed by atoms with Crippen molar-refractivity contribution < 1.29 is 23.6 Å². The van der Waals surface area contributed by atoms with Gasteiger partial charge in [0.25, 0.3) is 5.91 Å². The average Bonchev–Trinajstić information content (AvgIpc) is 3.17. The van der Waals surface area contributed by atoms with Crippen LogP contribution in [-0.4, -0.2) is 53.3 Å². The molecule has 1 atom stereocenters. The second-order valence-corrected chi connectivity index (χ2v) is 8.51. The number of halogens is 1. The highest BCUT2D eigenvalue weighted by Gasteiger charge is 2.52. The number of nitrogens with one attached hydrogen (secondary N) is 2. The van der Waals surface area contributed by atoms with Crippen LogP contribution >= 0.6 is 0 Å². The Morgan fingerprint density at radius 2 is 1.93 bits per heavy atom. The quantitative estimate of drug-likeness (QED) is 0.728. The zero-order valence-corrected chi connectivity index (χ0v) is 16.8. The predicted molar refractivity (Wildman–Crippen MR) is 106 cm³/mol. The summed E-state index contributed by atoms with van der Waals surface area (Å²) < 4.78 is 14.0. The smallest absolute Gasteiger partial charge is 0.325 e. The van der Waals surface area contributed by atoms with Crippen LogP contribution in [0.5, 0.6) is 0 Å². The fourth-order valence-corrected chi connectivity index (χ4v) is 4.54. The number of hydrogen-bond acceptors (Lipinski definition) is 4. The topological polar surface area (TPSA) is 98.8 Å². The number of imide groups is 1. The third kappa shape index (κ3) is 3.64. The molecule has 160 valence electrons. The van der Waals surface area contributed by atoms with Crippen LogP contribution < -0.4 is 15.5 Å². The van der Waals surface area contributed by atoms with Crippen LogP contribution in [0, 0.1) is 11.7 Å². The van der Waals surface area contributed by atoms with Gasteiger partial charge in [-0.05, 0) is 43.7 Å². The van der Waals surface area contributed by atoms with Crippen molar-refractivity contribution in [1.29, 1.82) is 0 Å². The molecule has 2 heterocycles. The maximum absolute atomic E-state index is 14.0. The SMILES string of the molecule is CC1CCC2(CC1)NC(=O)N(CC(=O)N[C@H]1CC(=O)N(c3ccccc3F)C1)C2=O. The van der Waals surface area contributed by atoms with E-state index in [-0.39, 0.29) is 30.5 Å². The molecule has 0 radical (unpaired) electrons. The van der Waals surface area contributed by atoms with Crippen molar-refractivity contribution in [2.45, 2.75) is 50.6 Å². The molecule has 0 unspecified atom stereocenters. The Hall–Kier alpha value is -2.97. The second kappa shape index (κ2) is 7.70. The number of amides is 5. The maximum atomic E-state index is 14.0. The van der Waals surface area contributed by atoms with Crippen LogP contribution in [0.3, 0.4) is 0 Å². The standard InChI is InChI=1S/C21H25FN4O4/c1-13-6-8-21(9-7-13)19(29)26(20(30)24-21)12-17(27)23-14-10-18(28)25(11-14)16-5-3-2-4-15(16)22/h2-5,13-14H,6-12H2,1H3,(H,23,27)(H,24,30)/t13?,14-,21?/m0/s1. The summed E-state index contributed by atoms with van der Waals surface area (Å²) in [5, 5.41) is 5.48. The Morgan fingerprint density at radius 3 is 2.63 bits per heavy atom. The highest BCUT2D eigenvalue weighted by Crippen LogP contribution is 2.36. The summed E-state index contributed by atoms with van der Waals surface area (Å²) in [6.07, 6.45) is 2.88. The average molecular weight is 416 g/mol. The van der Waals surface area contributed by atoms with Gasteiger partial charge >= 0.3 is 6.03 Å². The van der Waals surface area contributed by atoms with Crippen molar-refractivity contribution in [3.05, 3.63) is 30.1 Å². The summed E-state index contributed by atoms with van der Waals surface area (Å²) in [6.45, 7) is 1.85. The summed E-state index contributed by atoms with van der Waals surface area (Å²) in [6, 6.07) is 4.88. The van der Waals surface area contributed by atoms with Crippen LogP contribution in [0.1, 0.15) is 39.0 Å². The fourth-order valence-electron chi connectivity index (χ4n) is 4.54. The van der Waals surface area contributed by atoms with E-state index in [0.29, 0.717) is 18.8 Å². The number of para-hydroxylation sites is 1. The molecule has 1 aliphatic carbocycles. The van der Waals surface area contributed by atoms with Crippen molar-refractivity contribution in [3.63, 3.8) is 0 Å². The van der Waals surface area contributed by atoms with Gasteiger partial charge in [0, 0.05) is 13.0 Å². The number of rotatable bonds is 4. The van der Waals surface area contributed by atoms with Crippen LogP contribution in [0.2, 0.25) is 0 Å². The molecule has 3 aliphatic rings. The minimum Gasteiger partial charge on any atom is -0.349 e. The molecule has 1 saturated carbocycles. The Morgan fingerprint density at radius 1 is 1.23 bits per heavy atom. The largest absolute Gasteiger partial charge is 0.349 e. The van der Waals surface area contributed by atoms with E-state index in [1.165, 1.54) is 23.1 Å². The molecule has 0 aromatic heterocycles. The molecule has 1 aromatic carbocycles. The molecule has 0 bridgehead atoms. The molecule has 1 spiro atoms. The first-order chi connectivity index (χ1) is 14.3. The lowest BCUT2D eigenvalue weighted by Crippen LogP contribution is -2.50. The maximum Gasteiger partial charge on any atom is 0.325 e. The molecule has 5 amide bonds. The van der Waals surface area contributed by atoms with Gasteiger partial charge in [-0.25, -0.2) is 9.18 Å². The van der Waals surface area contributed by atoms with Crippen LogP contribution in [-0.2, 0) is 14.4 Å². The van der Waals surface area contributed by atoms with Gasteiger partial charge in [-0.15, -0.1) is 0 Å². The van der Waals surface area contributed by atoms with E-state index in [4.69, 9.17) is 0 Å². The van der Waals surface area contributed by atoms with E-state index in [0.717, 1.165) is 17.7 Å². The Balaban J connectivity index is 1.36. The number of nitrogens with zero attached hydrogens (tertiary/aromatic N) is 2. The van der Waals surface area contributed by atoms with Gasteiger partial charge in [0.05, 0.1) is 11.7 Å². The molecular formula is C21H25FN4O4. The van der Waals surface area contributed by atoms with E-state index >= 15 is 0 Å². The zero-order chi connectivity index (χ0) is 21.5. The van der Waals surface area contributed by atoms with Crippen LogP contribution in [0.25, 0.3) is 0 Å². The lowest BCUT2D eigenvalue weighted by Gasteiger charge is -2.33. The number of benzene rings is 1. The number of carbonyl (C=O) groups is 4. The van der Waals surface area contributed by atoms with E-state index in [9.17, 15) is 23.6 Å². The number of anilines is 1. The lowest BCUT2D eigenvalue weighted by atomic mass is 9.77. The second-order valence-electron chi connectivity index (χ2n) is 8.51. The van der Waals surface area contributed by atoms with Crippen molar-refractivity contribution in [2.24, 2.45) is 5.92 Å². The summed E-state index contributed by atoms with van der Waals surface area (Å²) >= 11 is 0. The van der Waals surface area contributed by atoms with Crippen molar-refractivity contribution in [3.8, 4) is 0 Å². The van der Waals surface area contributed by atoms with Gasteiger partial charge in [0.15, 0.2) is 0 Å². The van der Waals surface area contributed by atoms with Crippen molar-refractivity contribution in [2.75, 3.05) is 18.0 Å². The number of hydrogen-bond donors (Lipinski definition) is 2. The first kappa shape index (κ1) is 20.3. The monoisotopic (exact) mass is 416 g/mol. The normalized spacial score (nSPS) is 28.9. The van der Waals surface area contributed by atoms with E-state index in [1.54, 1.807) is 6.07 Å². The van der Waals surface area contributed by atoms with Gasteiger partial charge in [0.2, 0.25) is 11.8 Å². The van der Waals surface area contributed by atoms with Gasteiger partial charge in [0.1, 0.15) is 17.9 Å². The van der Waals surface area contributed by atoms with Crippen LogP contribution in [0.15, 0.2) is 24.3 Å². The summed E-state index contributed by atoms with van der Waals surface area (Å²) in [5.74, 6) is -1.17. The zero-order valence-electron chi connectivity index (χ0n) is 16.8. The fraction of sp³-hybridized carbons (Fsp3) is 0.524. The first-order valence-electron chi connectivity index (χ1n) is 10.3. The van der Waals surface area contributed by atoms with Crippen molar-refractivity contribution >= 4 is 29.4 Å². The summed E-state index contributed by atoms with van der Waals surface area (Å²) in [4.78, 5) is 52.2. The highest BCUT2D eigenvalue weighted by atomic mass is 19.1. The molecule has 4 rings (SSSR count).